The molecular formula is C22H24ClN3O4S2. The highest BCUT2D eigenvalue weighted by molar-refractivity contribution is 7.89. The topological polar surface area (TPSA) is 88.5 Å². The van der Waals surface area contributed by atoms with Gasteiger partial charge in [0.1, 0.15) is 0 Å². The summed E-state index contributed by atoms with van der Waals surface area (Å²) in [6.45, 7) is 4.83. The molecule has 3 aromatic rings. The number of aromatic nitrogens is 1. The van der Waals surface area contributed by atoms with Crippen LogP contribution < -0.4 is 10.2 Å². The van der Waals surface area contributed by atoms with Crippen LogP contribution in [0, 0.1) is 12.8 Å². The second-order valence-corrected chi connectivity index (χ2v) is 11.2. The van der Waals surface area contributed by atoms with Gasteiger partial charge in [0, 0.05) is 36.3 Å². The summed E-state index contributed by atoms with van der Waals surface area (Å²) in [4.78, 5) is 24.9. The Morgan fingerprint density at radius 2 is 1.91 bits per heavy atom. The molecule has 0 saturated carbocycles. The molecule has 1 aliphatic rings. The number of hydrogen-bond donors (Lipinski definition) is 1. The zero-order valence-corrected chi connectivity index (χ0v) is 20.2. The first-order valence-electron chi connectivity index (χ1n) is 10.4. The van der Waals surface area contributed by atoms with Crippen LogP contribution in [0.15, 0.2) is 46.1 Å². The van der Waals surface area contributed by atoms with Gasteiger partial charge < -0.3 is 5.32 Å². The molecule has 0 atom stereocenters. The first kappa shape index (κ1) is 23.0. The van der Waals surface area contributed by atoms with E-state index in [4.69, 9.17) is 11.6 Å². The number of amides is 1. The average molecular weight is 494 g/mol. The number of thiazole rings is 1. The molecule has 0 radical (unpaired) electrons. The second-order valence-electron chi connectivity index (χ2n) is 7.87. The summed E-state index contributed by atoms with van der Waals surface area (Å²) >= 11 is 7.02. The van der Waals surface area contributed by atoms with Crippen LogP contribution in [0.4, 0.5) is 5.69 Å². The molecule has 0 aliphatic carbocycles. The van der Waals surface area contributed by atoms with E-state index >= 15 is 0 Å². The molecule has 1 N–H and O–H groups in total. The number of rotatable bonds is 5. The van der Waals surface area contributed by atoms with E-state index in [1.54, 1.807) is 41.0 Å². The molecule has 1 aliphatic heterocycles. The van der Waals surface area contributed by atoms with E-state index in [0.717, 1.165) is 22.4 Å². The highest BCUT2D eigenvalue weighted by Crippen LogP contribution is 2.28. The molecule has 1 saturated heterocycles. The molecule has 170 valence electrons. The van der Waals surface area contributed by atoms with E-state index < -0.39 is 10.0 Å². The van der Waals surface area contributed by atoms with Crippen LogP contribution in [0.3, 0.4) is 0 Å². The van der Waals surface area contributed by atoms with Crippen molar-refractivity contribution in [1.29, 1.82) is 0 Å². The summed E-state index contributed by atoms with van der Waals surface area (Å²) in [6.07, 6.45) is 0.888. The summed E-state index contributed by atoms with van der Waals surface area (Å²) in [5, 5.41) is 3.54. The maximum Gasteiger partial charge on any atom is 0.308 e. The Balaban J connectivity index is 1.45. The van der Waals surface area contributed by atoms with Gasteiger partial charge in [-0.3, -0.25) is 14.2 Å². The number of anilines is 1. The van der Waals surface area contributed by atoms with E-state index in [-0.39, 0.29) is 34.7 Å². The number of fused-ring (bicyclic) bond motifs is 1. The maximum atomic E-state index is 13.2. The number of benzene rings is 2. The molecule has 10 heteroatoms. The van der Waals surface area contributed by atoms with Crippen LogP contribution in [0.1, 0.15) is 25.3 Å². The Hall–Kier alpha value is -2.20. The van der Waals surface area contributed by atoms with Crippen LogP contribution >= 0.6 is 22.9 Å². The lowest BCUT2D eigenvalue weighted by Gasteiger charge is -2.30. The Bertz CT molecular complexity index is 1340. The SMILES string of the molecule is CCn1c(=O)sc2cc(S(=O)(=O)N3CCC(C(=O)Nc4ccc(Cl)cc4C)CC3)ccc21. The van der Waals surface area contributed by atoms with Gasteiger partial charge in [-0.05, 0) is 68.7 Å². The van der Waals surface area contributed by atoms with Gasteiger partial charge in [0.25, 0.3) is 0 Å². The van der Waals surface area contributed by atoms with Gasteiger partial charge in [-0.25, -0.2) is 8.42 Å². The minimum absolute atomic E-state index is 0.0974. The minimum Gasteiger partial charge on any atom is -0.326 e. The lowest BCUT2D eigenvalue weighted by Crippen LogP contribution is -2.41. The zero-order chi connectivity index (χ0) is 23.0. The number of nitrogens with one attached hydrogen (secondary N) is 1. The smallest absolute Gasteiger partial charge is 0.308 e. The van der Waals surface area contributed by atoms with E-state index in [1.165, 1.54) is 4.31 Å². The van der Waals surface area contributed by atoms with Crippen molar-refractivity contribution >= 4 is 54.8 Å². The molecule has 0 spiro atoms. The van der Waals surface area contributed by atoms with Crippen LogP contribution in [0.5, 0.6) is 0 Å². The Morgan fingerprint density at radius 1 is 1.19 bits per heavy atom. The van der Waals surface area contributed by atoms with Crippen molar-refractivity contribution < 1.29 is 13.2 Å². The number of sulfonamides is 1. The fraction of sp³-hybridized carbons (Fsp3) is 0.364. The maximum absolute atomic E-state index is 13.2. The van der Waals surface area contributed by atoms with Crippen LogP contribution in [-0.2, 0) is 21.4 Å². The fourth-order valence-electron chi connectivity index (χ4n) is 4.02. The molecule has 0 bridgehead atoms. The van der Waals surface area contributed by atoms with E-state index in [0.29, 0.717) is 34.8 Å². The summed E-state index contributed by atoms with van der Waals surface area (Å²) < 4.78 is 30.0. The summed E-state index contributed by atoms with van der Waals surface area (Å²) in [5.41, 5.74) is 2.33. The molecular weight excluding hydrogens is 470 g/mol. The van der Waals surface area contributed by atoms with Crippen molar-refractivity contribution in [2.24, 2.45) is 5.92 Å². The van der Waals surface area contributed by atoms with E-state index in [1.807, 2.05) is 13.8 Å². The number of carbonyl (C=O) groups excluding carboxylic acids is 1. The first-order valence-corrected chi connectivity index (χ1v) is 13.0. The normalized spacial score (nSPS) is 15.8. The first-order chi connectivity index (χ1) is 15.2. The summed E-state index contributed by atoms with van der Waals surface area (Å²) in [6, 6.07) is 10.1. The van der Waals surface area contributed by atoms with Crippen molar-refractivity contribution in [1.82, 2.24) is 8.87 Å². The van der Waals surface area contributed by atoms with Crippen LogP contribution in [0.25, 0.3) is 10.2 Å². The highest BCUT2D eigenvalue weighted by Gasteiger charge is 2.32. The second kappa shape index (κ2) is 8.97. The van der Waals surface area contributed by atoms with Gasteiger partial charge >= 0.3 is 4.87 Å². The molecule has 4 rings (SSSR count). The predicted molar refractivity (Wildman–Crippen MR) is 128 cm³/mol. The lowest BCUT2D eigenvalue weighted by molar-refractivity contribution is -0.120. The molecule has 2 heterocycles. The molecule has 7 nitrogen and oxygen atoms in total. The van der Waals surface area contributed by atoms with Crippen LogP contribution in [-0.4, -0.2) is 36.3 Å². The quantitative estimate of drug-likeness (QED) is 0.580. The van der Waals surface area contributed by atoms with Crippen molar-refractivity contribution in [3.05, 3.63) is 56.7 Å². The molecule has 1 fully saturated rings. The highest BCUT2D eigenvalue weighted by atomic mass is 35.5. The third kappa shape index (κ3) is 4.34. The van der Waals surface area contributed by atoms with Gasteiger partial charge in [-0.15, -0.1) is 0 Å². The van der Waals surface area contributed by atoms with Gasteiger partial charge in [0.05, 0.1) is 15.1 Å². The number of carbonyl (C=O) groups is 1. The van der Waals surface area contributed by atoms with Gasteiger partial charge in [0.2, 0.25) is 15.9 Å². The third-order valence-electron chi connectivity index (χ3n) is 5.86. The minimum atomic E-state index is -3.70. The fourth-order valence-corrected chi connectivity index (χ4v) is 6.81. The van der Waals surface area contributed by atoms with Gasteiger partial charge in [-0.1, -0.05) is 22.9 Å². The van der Waals surface area contributed by atoms with Gasteiger partial charge in [0.15, 0.2) is 0 Å². The Morgan fingerprint density at radius 3 is 2.56 bits per heavy atom. The number of nitrogens with zero attached hydrogens (tertiary/aromatic N) is 2. The predicted octanol–water partition coefficient (Wildman–Crippen LogP) is 4.08. The van der Waals surface area contributed by atoms with Crippen molar-refractivity contribution in [2.45, 2.75) is 38.1 Å². The summed E-state index contributed by atoms with van der Waals surface area (Å²) in [5.74, 6) is -0.373. The monoisotopic (exact) mass is 493 g/mol. The van der Waals surface area contributed by atoms with Crippen molar-refractivity contribution in [3.8, 4) is 0 Å². The van der Waals surface area contributed by atoms with Gasteiger partial charge in [-0.2, -0.15) is 4.31 Å². The standard InChI is InChI=1S/C22H24ClN3O4S2/c1-3-26-19-7-5-17(13-20(19)31-22(26)28)32(29,30)25-10-8-15(9-11-25)21(27)24-18-6-4-16(23)12-14(18)2/h4-7,12-13,15H,3,8-11H2,1-2H3,(H,24,27). The van der Waals surface area contributed by atoms with Crippen LogP contribution in [0.2, 0.25) is 5.02 Å². The number of piperidine rings is 1. The van der Waals surface area contributed by atoms with Crippen molar-refractivity contribution in [3.63, 3.8) is 0 Å². The largest absolute Gasteiger partial charge is 0.326 e. The summed E-state index contributed by atoms with van der Waals surface area (Å²) in [7, 11) is -3.70. The third-order valence-corrected chi connectivity index (χ3v) is 8.94. The lowest BCUT2D eigenvalue weighted by atomic mass is 9.97. The zero-order valence-electron chi connectivity index (χ0n) is 17.8. The molecule has 0 unspecified atom stereocenters. The number of aryl methyl sites for hydroxylation is 2. The molecule has 2 aromatic carbocycles. The Labute approximate surface area is 195 Å². The molecule has 1 amide bonds. The average Bonchev–Trinajstić information content (AvgIpc) is 3.09. The van der Waals surface area contributed by atoms with E-state index in [2.05, 4.69) is 5.32 Å². The Kier molecular flexibility index (Phi) is 6.44. The molecule has 1 aromatic heterocycles. The number of hydrogen-bond acceptors (Lipinski definition) is 5. The molecule has 32 heavy (non-hydrogen) atoms. The van der Waals surface area contributed by atoms with E-state index in [9.17, 15) is 18.0 Å². The van der Waals surface area contributed by atoms with Crippen molar-refractivity contribution in [2.75, 3.05) is 18.4 Å². The number of halogens is 1.